The van der Waals surface area contributed by atoms with Crippen LogP contribution in [0.2, 0.25) is 5.02 Å². The van der Waals surface area contributed by atoms with Crippen LogP contribution < -0.4 is 4.74 Å². The Kier molecular flexibility index (Phi) is 5.35. The minimum atomic E-state index is -3.13. The molecule has 9 heteroatoms. The third-order valence-electron chi connectivity index (χ3n) is 4.97. The molecule has 0 aliphatic carbocycles. The molecule has 150 valence electrons. The van der Waals surface area contributed by atoms with Crippen LogP contribution in [0, 0.1) is 0 Å². The van der Waals surface area contributed by atoms with Gasteiger partial charge in [-0.1, -0.05) is 11.6 Å². The molecule has 0 saturated carbocycles. The largest absolute Gasteiger partial charge is 0.467 e. The fourth-order valence-electron chi connectivity index (χ4n) is 3.67. The Morgan fingerprint density at radius 3 is 2.89 bits per heavy atom. The van der Waals surface area contributed by atoms with E-state index in [4.69, 9.17) is 25.5 Å². The monoisotopic (exact) mass is 425 g/mol. The van der Waals surface area contributed by atoms with Crippen LogP contribution in [-0.2, 0) is 38.9 Å². The molecule has 0 radical (unpaired) electrons. The van der Waals surface area contributed by atoms with Crippen molar-refractivity contribution >= 4 is 27.3 Å². The molecule has 0 spiro atoms. The number of carbonyl (C=O) groups is 1. The average molecular weight is 426 g/mol. The van der Waals surface area contributed by atoms with E-state index in [-0.39, 0.29) is 43.2 Å². The van der Waals surface area contributed by atoms with Gasteiger partial charge in [-0.15, -0.1) is 0 Å². The lowest BCUT2D eigenvalue weighted by Crippen LogP contribution is -2.41. The summed E-state index contributed by atoms with van der Waals surface area (Å²) >= 11 is 6.19. The van der Waals surface area contributed by atoms with Crippen molar-refractivity contribution < 1.29 is 27.1 Å². The Morgan fingerprint density at radius 2 is 2.18 bits per heavy atom. The molecule has 4 rings (SSSR count). The van der Waals surface area contributed by atoms with Gasteiger partial charge in [-0.2, -0.15) is 0 Å². The fourth-order valence-corrected chi connectivity index (χ4v) is 5.66. The van der Waals surface area contributed by atoms with E-state index in [0.717, 1.165) is 5.56 Å². The number of nitrogens with zero attached hydrogens (tertiary/aromatic N) is 1. The molecule has 2 aromatic rings. The van der Waals surface area contributed by atoms with Gasteiger partial charge in [0.1, 0.15) is 11.5 Å². The second-order valence-electron chi connectivity index (χ2n) is 7.00. The predicted molar refractivity (Wildman–Crippen MR) is 102 cm³/mol. The molecular weight excluding hydrogens is 406 g/mol. The first-order chi connectivity index (χ1) is 13.4. The number of fused-ring (bicyclic) bond motifs is 1. The summed E-state index contributed by atoms with van der Waals surface area (Å²) in [4.78, 5) is 14.8. The highest BCUT2D eigenvalue weighted by Crippen LogP contribution is 2.33. The van der Waals surface area contributed by atoms with Crippen LogP contribution in [0.1, 0.15) is 23.3 Å². The van der Waals surface area contributed by atoms with Crippen LogP contribution in [0.3, 0.4) is 0 Å². The molecular formula is C19H20ClNO6S. The number of sulfone groups is 1. The lowest BCUT2D eigenvalue weighted by Gasteiger charge is -2.28. The average Bonchev–Trinajstić information content (AvgIpc) is 3.28. The van der Waals surface area contributed by atoms with Crippen molar-refractivity contribution in [2.24, 2.45) is 0 Å². The summed E-state index contributed by atoms with van der Waals surface area (Å²) < 4.78 is 40.2. The van der Waals surface area contributed by atoms with Gasteiger partial charge in [0, 0.05) is 22.2 Å². The standard InChI is InChI=1S/C19H20ClNO6S/c20-15-6-13(19-14(7-15)10-25-12-27-19)8-18(22)21(9-17-2-1-4-26-17)16-3-5-28(23,24)11-16/h1-2,4,6-7,16H,3,5,8-12H2. The van der Waals surface area contributed by atoms with Gasteiger partial charge < -0.3 is 18.8 Å². The smallest absolute Gasteiger partial charge is 0.227 e. The molecule has 0 N–H and O–H groups in total. The van der Waals surface area contributed by atoms with Gasteiger partial charge in [0.05, 0.1) is 37.3 Å². The number of furan rings is 1. The van der Waals surface area contributed by atoms with Crippen molar-refractivity contribution in [1.29, 1.82) is 0 Å². The summed E-state index contributed by atoms with van der Waals surface area (Å²) in [6, 6.07) is 6.60. The SMILES string of the molecule is O=C(Cc1cc(Cl)cc2c1OCOC2)N(Cc1ccco1)C1CCS(=O)(=O)C1. The van der Waals surface area contributed by atoms with Crippen LogP contribution in [0.25, 0.3) is 0 Å². The summed E-state index contributed by atoms with van der Waals surface area (Å²) in [5.74, 6) is 1.08. The third kappa shape index (κ3) is 4.19. The Labute approximate surface area is 168 Å². The topological polar surface area (TPSA) is 86.1 Å². The Bertz CT molecular complexity index is 973. The Morgan fingerprint density at radius 1 is 1.32 bits per heavy atom. The van der Waals surface area contributed by atoms with Gasteiger partial charge in [-0.25, -0.2) is 8.42 Å². The molecule has 1 aromatic carbocycles. The molecule has 2 aliphatic heterocycles. The van der Waals surface area contributed by atoms with E-state index in [1.807, 2.05) is 0 Å². The van der Waals surface area contributed by atoms with Gasteiger partial charge >= 0.3 is 0 Å². The molecule has 1 atom stereocenters. The molecule has 1 saturated heterocycles. The minimum absolute atomic E-state index is 0.0303. The number of hydrogen-bond donors (Lipinski definition) is 0. The van der Waals surface area contributed by atoms with Crippen molar-refractivity contribution in [2.45, 2.75) is 32.0 Å². The first-order valence-corrected chi connectivity index (χ1v) is 11.2. The first kappa shape index (κ1) is 19.3. The molecule has 1 unspecified atom stereocenters. The van der Waals surface area contributed by atoms with E-state index in [0.29, 0.717) is 35.1 Å². The number of rotatable bonds is 5. The van der Waals surface area contributed by atoms with Crippen molar-refractivity contribution in [2.75, 3.05) is 18.3 Å². The summed E-state index contributed by atoms with van der Waals surface area (Å²) in [5, 5.41) is 0.497. The molecule has 2 aliphatic rings. The number of benzene rings is 1. The summed E-state index contributed by atoms with van der Waals surface area (Å²) in [5.41, 5.74) is 1.46. The number of halogens is 1. The zero-order valence-corrected chi connectivity index (χ0v) is 16.7. The van der Waals surface area contributed by atoms with Crippen LogP contribution >= 0.6 is 11.6 Å². The highest BCUT2D eigenvalue weighted by Gasteiger charge is 2.35. The molecule has 1 fully saturated rings. The summed E-state index contributed by atoms with van der Waals surface area (Å²) in [6.45, 7) is 0.708. The van der Waals surface area contributed by atoms with E-state index in [9.17, 15) is 13.2 Å². The molecule has 7 nitrogen and oxygen atoms in total. The molecule has 3 heterocycles. The Balaban J connectivity index is 1.60. The normalized spacial score (nSPS) is 20.4. The lowest BCUT2D eigenvalue weighted by molar-refractivity contribution is -0.133. The van der Waals surface area contributed by atoms with E-state index >= 15 is 0 Å². The highest BCUT2D eigenvalue weighted by atomic mass is 35.5. The highest BCUT2D eigenvalue weighted by molar-refractivity contribution is 7.91. The van der Waals surface area contributed by atoms with Crippen LogP contribution in [0.4, 0.5) is 0 Å². The molecule has 0 bridgehead atoms. The second kappa shape index (κ2) is 7.77. The first-order valence-electron chi connectivity index (χ1n) is 8.95. The van der Waals surface area contributed by atoms with Crippen LogP contribution in [0.15, 0.2) is 34.9 Å². The van der Waals surface area contributed by atoms with Crippen LogP contribution in [0.5, 0.6) is 5.75 Å². The number of amides is 1. The van der Waals surface area contributed by atoms with Crippen molar-refractivity contribution in [3.05, 3.63) is 52.4 Å². The maximum atomic E-state index is 13.2. The second-order valence-corrected chi connectivity index (χ2v) is 9.66. The zero-order valence-electron chi connectivity index (χ0n) is 15.1. The molecule has 28 heavy (non-hydrogen) atoms. The maximum absolute atomic E-state index is 13.2. The maximum Gasteiger partial charge on any atom is 0.227 e. The number of hydrogen-bond acceptors (Lipinski definition) is 6. The van der Waals surface area contributed by atoms with Crippen LogP contribution in [-0.4, -0.2) is 43.6 Å². The number of ether oxygens (including phenoxy) is 2. The van der Waals surface area contributed by atoms with Gasteiger partial charge in [-0.3, -0.25) is 4.79 Å². The number of carbonyl (C=O) groups excluding carboxylic acids is 1. The van der Waals surface area contributed by atoms with Crippen molar-refractivity contribution in [1.82, 2.24) is 4.90 Å². The van der Waals surface area contributed by atoms with E-state index in [1.54, 1.807) is 29.2 Å². The van der Waals surface area contributed by atoms with Crippen molar-refractivity contribution in [3.8, 4) is 5.75 Å². The summed E-state index contributed by atoms with van der Waals surface area (Å²) in [6.07, 6.45) is 2.01. The molecule has 1 aromatic heterocycles. The third-order valence-corrected chi connectivity index (χ3v) is 6.94. The van der Waals surface area contributed by atoms with Gasteiger partial charge in [0.15, 0.2) is 16.6 Å². The fraction of sp³-hybridized carbons (Fsp3) is 0.421. The van der Waals surface area contributed by atoms with E-state index in [2.05, 4.69) is 0 Å². The van der Waals surface area contributed by atoms with Gasteiger partial charge in [0.25, 0.3) is 0 Å². The summed E-state index contributed by atoms with van der Waals surface area (Å²) in [7, 11) is -3.13. The lowest BCUT2D eigenvalue weighted by atomic mass is 10.0. The Hall–Kier alpha value is -2.03. The van der Waals surface area contributed by atoms with E-state index < -0.39 is 9.84 Å². The molecule has 1 amide bonds. The van der Waals surface area contributed by atoms with Gasteiger partial charge in [-0.05, 0) is 30.7 Å². The quantitative estimate of drug-likeness (QED) is 0.731. The van der Waals surface area contributed by atoms with Gasteiger partial charge in [0.2, 0.25) is 5.91 Å². The zero-order chi connectivity index (χ0) is 19.7. The minimum Gasteiger partial charge on any atom is -0.467 e. The van der Waals surface area contributed by atoms with E-state index in [1.165, 1.54) is 6.26 Å². The predicted octanol–water partition coefficient (Wildman–Crippen LogP) is 2.56. The van der Waals surface area contributed by atoms with Crippen molar-refractivity contribution in [3.63, 3.8) is 0 Å².